The number of hydrogen-bond acceptors (Lipinski definition) is 4. The molecule has 0 aromatic heterocycles. The molecule has 1 aromatic carbocycles. The number of methoxy groups -OCH3 is 1. The SMILES string of the molecule is COc1cc(C)c([N+](=O)[O-])c(C(N)=O)c1. The molecule has 1 rings (SSSR count). The Kier molecular flexibility index (Phi) is 2.89. The quantitative estimate of drug-likeness (QED) is 0.594. The molecule has 0 saturated carbocycles. The van der Waals surface area contributed by atoms with Crippen molar-refractivity contribution in [3.8, 4) is 5.75 Å². The molecule has 0 spiro atoms. The largest absolute Gasteiger partial charge is 0.497 e. The van der Waals surface area contributed by atoms with Gasteiger partial charge in [-0.2, -0.15) is 0 Å². The first-order valence-electron chi connectivity index (χ1n) is 4.10. The molecule has 1 aromatic rings. The van der Waals surface area contributed by atoms with Crippen LogP contribution in [0.3, 0.4) is 0 Å². The molecule has 0 aliphatic heterocycles. The molecule has 6 nitrogen and oxygen atoms in total. The van der Waals surface area contributed by atoms with Gasteiger partial charge in [0.1, 0.15) is 11.3 Å². The van der Waals surface area contributed by atoms with Gasteiger partial charge in [-0.3, -0.25) is 14.9 Å². The number of benzene rings is 1. The summed E-state index contributed by atoms with van der Waals surface area (Å²) in [6, 6.07) is 2.73. The molecule has 0 aliphatic carbocycles. The average Bonchev–Trinajstić information content (AvgIpc) is 2.15. The molecular formula is C9H10N2O4. The van der Waals surface area contributed by atoms with Crippen LogP contribution in [0, 0.1) is 17.0 Å². The highest BCUT2D eigenvalue weighted by atomic mass is 16.6. The van der Waals surface area contributed by atoms with E-state index in [0.29, 0.717) is 11.3 Å². The molecule has 0 fully saturated rings. The number of nitrogens with two attached hydrogens (primary N) is 1. The number of nitro benzene ring substituents is 1. The van der Waals surface area contributed by atoms with Crippen LogP contribution in [-0.4, -0.2) is 17.9 Å². The number of amides is 1. The molecule has 1 amide bonds. The lowest BCUT2D eigenvalue weighted by Crippen LogP contribution is -2.14. The Balaban J connectivity index is 3.49. The van der Waals surface area contributed by atoms with Crippen molar-refractivity contribution in [3.05, 3.63) is 33.4 Å². The van der Waals surface area contributed by atoms with Gasteiger partial charge in [0.2, 0.25) is 0 Å². The Morgan fingerprint density at radius 1 is 1.53 bits per heavy atom. The fourth-order valence-electron chi connectivity index (χ4n) is 1.29. The summed E-state index contributed by atoms with van der Waals surface area (Å²) in [5.41, 5.74) is 4.97. The van der Waals surface area contributed by atoms with Crippen LogP contribution >= 0.6 is 0 Å². The van der Waals surface area contributed by atoms with Crippen molar-refractivity contribution in [2.24, 2.45) is 5.73 Å². The monoisotopic (exact) mass is 210 g/mol. The number of hydrogen-bond donors (Lipinski definition) is 1. The minimum atomic E-state index is -0.844. The lowest BCUT2D eigenvalue weighted by molar-refractivity contribution is -0.385. The van der Waals surface area contributed by atoms with Crippen molar-refractivity contribution in [1.29, 1.82) is 0 Å². The summed E-state index contributed by atoms with van der Waals surface area (Å²) in [5.74, 6) is -0.476. The number of aryl methyl sites for hydroxylation is 1. The molecular weight excluding hydrogens is 200 g/mol. The van der Waals surface area contributed by atoms with E-state index < -0.39 is 10.8 Å². The highest BCUT2D eigenvalue weighted by Crippen LogP contribution is 2.28. The van der Waals surface area contributed by atoms with Crippen LogP contribution in [0.25, 0.3) is 0 Å². The van der Waals surface area contributed by atoms with Crippen molar-refractivity contribution in [2.45, 2.75) is 6.92 Å². The number of rotatable bonds is 3. The highest BCUT2D eigenvalue weighted by Gasteiger charge is 2.22. The average molecular weight is 210 g/mol. The van der Waals surface area contributed by atoms with Crippen LogP contribution < -0.4 is 10.5 Å². The van der Waals surface area contributed by atoms with Crippen molar-refractivity contribution < 1.29 is 14.5 Å². The normalized spacial score (nSPS) is 9.73. The topological polar surface area (TPSA) is 95.5 Å². The summed E-state index contributed by atoms with van der Waals surface area (Å²) >= 11 is 0. The Hall–Kier alpha value is -2.11. The number of carbonyl (C=O) groups is 1. The molecule has 0 unspecified atom stereocenters. The Labute approximate surface area is 85.8 Å². The number of nitro groups is 1. The van der Waals surface area contributed by atoms with E-state index in [1.165, 1.54) is 26.2 Å². The predicted octanol–water partition coefficient (Wildman–Crippen LogP) is 1.01. The van der Waals surface area contributed by atoms with Gasteiger partial charge in [-0.05, 0) is 19.1 Å². The molecule has 15 heavy (non-hydrogen) atoms. The smallest absolute Gasteiger partial charge is 0.285 e. The standard InChI is InChI=1S/C9H10N2O4/c1-5-3-6(15-2)4-7(9(10)12)8(5)11(13)14/h3-4H,1-2H3,(H2,10,12). The Morgan fingerprint density at radius 3 is 2.53 bits per heavy atom. The van der Waals surface area contributed by atoms with E-state index in [-0.39, 0.29) is 11.3 Å². The fraction of sp³-hybridized carbons (Fsp3) is 0.222. The number of primary amides is 1. The van der Waals surface area contributed by atoms with Gasteiger partial charge in [-0.25, -0.2) is 0 Å². The van der Waals surface area contributed by atoms with Gasteiger partial charge >= 0.3 is 0 Å². The van der Waals surface area contributed by atoms with E-state index in [4.69, 9.17) is 10.5 Å². The second-order valence-electron chi connectivity index (χ2n) is 2.96. The van der Waals surface area contributed by atoms with Gasteiger partial charge in [0.25, 0.3) is 11.6 Å². The number of carbonyl (C=O) groups excluding carboxylic acids is 1. The summed E-state index contributed by atoms with van der Waals surface area (Å²) in [4.78, 5) is 21.1. The first kappa shape index (κ1) is 11.0. The predicted molar refractivity (Wildman–Crippen MR) is 52.9 cm³/mol. The Bertz CT molecular complexity index is 428. The van der Waals surface area contributed by atoms with E-state index in [1.807, 2.05) is 0 Å². The third-order valence-corrected chi connectivity index (χ3v) is 1.96. The molecule has 6 heteroatoms. The zero-order chi connectivity index (χ0) is 11.6. The maximum Gasteiger partial charge on any atom is 0.285 e. The van der Waals surface area contributed by atoms with Crippen LogP contribution in [-0.2, 0) is 0 Å². The van der Waals surface area contributed by atoms with Gasteiger partial charge in [-0.1, -0.05) is 0 Å². The number of nitrogens with zero attached hydrogens (tertiary/aromatic N) is 1. The Morgan fingerprint density at radius 2 is 2.13 bits per heavy atom. The fourth-order valence-corrected chi connectivity index (χ4v) is 1.29. The third kappa shape index (κ3) is 2.04. The second-order valence-corrected chi connectivity index (χ2v) is 2.96. The molecule has 80 valence electrons. The van der Waals surface area contributed by atoms with E-state index in [2.05, 4.69) is 0 Å². The van der Waals surface area contributed by atoms with Crippen molar-refractivity contribution in [2.75, 3.05) is 7.11 Å². The van der Waals surface area contributed by atoms with Gasteiger partial charge in [-0.15, -0.1) is 0 Å². The van der Waals surface area contributed by atoms with E-state index >= 15 is 0 Å². The molecule has 2 N–H and O–H groups in total. The minimum Gasteiger partial charge on any atom is -0.497 e. The first-order valence-corrected chi connectivity index (χ1v) is 4.10. The lowest BCUT2D eigenvalue weighted by Gasteiger charge is -2.05. The van der Waals surface area contributed by atoms with Crippen molar-refractivity contribution in [3.63, 3.8) is 0 Å². The van der Waals surface area contributed by atoms with Crippen LogP contribution in [0.5, 0.6) is 5.75 Å². The molecule has 0 aliphatic rings. The van der Waals surface area contributed by atoms with Crippen LogP contribution in [0.15, 0.2) is 12.1 Å². The maximum absolute atomic E-state index is 11.0. The van der Waals surface area contributed by atoms with Crippen LogP contribution in [0.1, 0.15) is 15.9 Å². The summed E-state index contributed by atoms with van der Waals surface area (Å²) in [6.45, 7) is 1.52. The summed E-state index contributed by atoms with van der Waals surface area (Å²) in [6.07, 6.45) is 0. The molecule has 0 heterocycles. The lowest BCUT2D eigenvalue weighted by atomic mass is 10.1. The van der Waals surface area contributed by atoms with Crippen LogP contribution in [0.2, 0.25) is 0 Å². The highest BCUT2D eigenvalue weighted by molar-refractivity contribution is 5.98. The molecule has 0 radical (unpaired) electrons. The van der Waals surface area contributed by atoms with Gasteiger partial charge < -0.3 is 10.5 Å². The van der Waals surface area contributed by atoms with Crippen molar-refractivity contribution in [1.82, 2.24) is 0 Å². The summed E-state index contributed by atoms with van der Waals surface area (Å²) in [5, 5.41) is 10.7. The molecule has 0 bridgehead atoms. The zero-order valence-electron chi connectivity index (χ0n) is 8.31. The van der Waals surface area contributed by atoms with Gasteiger partial charge in [0.05, 0.1) is 12.0 Å². The van der Waals surface area contributed by atoms with E-state index in [9.17, 15) is 14.9 Å². The van der Waals surface area contributed by atoms with Gasteiger partial charge in [0, 0.05) is 5.56 Å². The van der Waals surface area contributed by atoms with Crippen LogP contribution in [0.4, 0.5) is 5.69 Å². The maximum atomic E-state index is 11.0. The summed E-state index contributed by atoms with van der Waals surface area (Å²) in [7, 11) is 1.41. The zero-order valence-corrected chi connectivity index (χ0v) is 8.31. The molecule has 0 atom stereocenters. The van der Waals surface area contributed by atoms with Gasteiger partial charge in [0.15, 0.2) is 0 Å². The molecule has 0 saturated heterocycles. The van der Waals surface area contributed by atoms with Crippen molar-refractivity contribution >= 4 is 11.6 Å². The number of ether oxygens (including phenoxy) is 1. The van der Waals surface area contributed by atoms with E-state index in [0.717, 1.165) is 0 Å². The summed E-state index contributed by atoms with van der Waals surface area (Å²) < 4.78 is 4.89. The first-order chi connectivity index (χ1) is 6.97. The second kappa shape index (κ2) is 3.95. The van der Waals surface area contributed by atoms with E-state index in [1.54, 1.807) is 0 Å². The third-order valence-electron chi connectivity index (χ3n) is 1.96. The minimum absolute atomic E-state index is 0.142.